The fourth-order valence-electron chi connectivity index (χ4n) is 1.25. The minimum atomic E-state index is -3.67. The first-order chi connectivity index (χ1) is 8.48. The summed E-state index contributed by atoms with van der Waals surface area (Å²) in [7, 11) is -2.51. The Bertz CT molecular complexity index is 575. The van der Waals surface area contributed by atoms with Gasteiger partial charge >= 0.3 is 5.97 Å². The molecule has 0 bridgehead atoms. The van der Waals surface area contributed by atoms with E-state index in [2.05, 4.69) is 9.46 Å². The first-order valence-corrected chi connectivity index (χ1v) is 6.66. The smallest absolute Gasteiger partial charge is 0.320 e. The maximum Gasteiger partial charge on any atom is 0.320 e. The molecular formula is C11H12N2O4S. The molecule has 0 atom stereocenters. The molecule has 0 spiro atoms. The van der Waals surface area contributed by atoms with Crippen LogP contribution in [0.3, 0.4) is 0 Å². The number of nitriles is 1. The van der Waals surface area contributed by atoms with Gasteiger partial charge in [0, 0.05) is 0 Å². The third kappa shape index (κ3) is 4.16. The van der Waals surface area contributed by atoms with Gasteiger partial charge in [0.05, 0.1) is 24.5 Å². The molecule has 1 aromatic rings. The minimum absolute atomic E-state index is 0.293. The lowest BCUT2D eigenvalue weighted by molar-refractivity contribution is -0.139. The summed E-state index contributed by atoms with van der Waals surface area (Å²) < 4.78 is 29.7. The Labute approximate surface area is 105 Å². The van der Waals surface area contributed by atoms with Crippen LogP contribution in [0.5, 0.6) is 0 Å². The lowest BCUT2D eigenvalue weighted by atomic mass is 10.1. The third-order valence-electron chi connectivity index (χ3n) is 2.15. The Morgan fingerprint density at radius 3 is 2.72 bits per heavy atom. The normalized spacial score (nSPS) is 10.7. The molecular weight excluding hydrogens is 256 g/mol. The number of carbonyl (C=O) groups is 1. The van der Waals surface area contributed by atoms with E-state index in [1.54, 1.807) is 18.2 Å². The van der Waals surface area contributed by atoms with Crippen molar-refractivity contribution >= 4 is 16.0 Å². The number of hydrogen-bond donors (Lipinski definition) is 1. The Balaban J connectivity index is 2.77. The quantitative estimate of drug-likeness (QED) is 0.767. The van der Waals surface area contributed by atoms with Crippen molar-refractivity contribution in [3.8, 4) is 6.07 Å². The lowest BCUT2D eigenvalue weighted by Gasteiger charge is -2.06. The van der Waals surface area contributed by atoms with E-state index < -0.39 is 22.5 Å². The van der Waals surface area contributed by atoms with Crippen molar-refractivity contribution < 1.29 is 17.9 Å². The SMILES string of the molecule is COC(=O)CNS(=O)(=O)Cc1ccccc1C#N. The fourth-order valence-corrected chi connectivity index (χ4v) is 2.35. The molecule has 0 unspecified atom stereocenters. The minimum Gasteiger partial charge on any atom is -0.468 e. The second kappa shape index (κ2) is 6.14. The molecule has 0 aromatic heterocycles. The Morgan fingerprint density at radius 2 is 2.11 bits per heavy atom. The van der Waals surface area contributed by atoms with Crippen LogP contribution in [-0.2, 0) is 25.3 Å². The van der Waals surface area contributed by atoms with Crippen LogP contribution >= 0.6 is 0 Å². The molecule has 6 nitrogen and oxygen atoms in total. The third-order valence-corrected chi connectivity index (χ3v) is 3.42. The van der Waals surface area contributed by atoms with Gasteiger partial charge in [-0.15, -0.1) is 0 Å². The second-order valence-corrected chi connectivity index (χ2v) is 5.23. The highest BCUT2D eigenvalue weighted by Gasteiger charge is 2.15. The zero-order valence-corrected chi connectivity index (χ0v) is 10.5. The van der Waals surface area contributed by atoms with Crippen molar-refractivity contribution in [1.29, 1.82) is 5.26 Å². The van der Waals surface area contributed by atoms with Crippen LogP contribution in [0.25, 0.3) is 0 Å². The highest BCUT2D eigenvalue weighted by molar-refractivity contribution is 7.88. The average Bonchev–Trinajstić information content (AvgIpc) is 2.36. The first kappa shape index (κ1) is 14.2. The van der Waals surface area contributed by atoms with Gasteiger partial charge in [-0.1, -0.05) is 18.2 Å². The summed E-state index contributed by atoms with van der Waals surface area (Å²) in [5.41, 5.74) is 0.679. The number of rotatable bonds is 5. The molecule has 0 aliphatic heterocycles. The van der Waals surface area contributed by atoms with E-state index in [-0.39, 0.29) is 5.75 Å². The van der Waals surface area contributed by atoms with Gasteiger partial charge in [-0.2, -0.15) is 5.26 Å². The van der Waals surface area contributed by atoms with E-state index in [9.17, 15) is 13.2 Å². The summed E-state index contributed by atoms with van der Waals surface area (Å²) in [5, 5.41) is 8.83. The van der Waals surface area contributed by atoms with Crippen LogP contribution < -0.4 is 4.72 Å². The molecule has 0 aliphatic carbocycles. The number of methoxy groups -OCH3 is 1. The van der Waals surface area contributed by atoms with Crippen LogP contribution in [0, 0.1) is 11.3 Å². The number of nitrogens with zero attached hydrogens (tertiary/aromatic N) is 1. The standard InChI is InChI=1S/C11H12N2O4S/c1-17-11(14)7-13-18(15,16)8-10-5-3-2-4-9(10)6-12/h2-5,13H,7-8H2,1H3. The molecule has 0 radical (unpaired) electrons. The summed E-state index contributed by atoms with van der Waals surface area (Å²) in [4.78, 5) is 10.8. The maximum absolute atomic E-state index is 11.7. The van der Waals surface area contributed by atoms with Crippen molar-refractivity contribution in [3.63, 3.8) is 0 Å². The number of sulfonamides is 1. The van der Waals surface area contributed by atoms with Crippen molar-refractivity contribution in [3.05, 3.63) is 35.4 Å². The highest BCUT2D eigenvalue weighted by Crippen LogP contribution is 2.10. The van der Waals surface area contributed by atoms with Gasteiger partial charge in [0.2, 0.25) is 10.0 Å². The van der Waals surface area contributed by atoms with Gasteiger partial charge in [0.25, 0.3) is 0 Å². The summed E-state index contributed by atoms with van der Waals surface area (Å²) in [6, 6.07) is 8.29. The van der Waals surface area contributed by atoms with E-state index in [4.69, 9.17) is 5.26 Å². The topological polar surface area (TPSA) is 96.3 Å². The first-order valence-electron chi connectivity index (χ1n) is 5.00. The largest absolute Gasteiger partial charge is 0.468 e. The zero-order valence-electron chi connectivity index (χ0n) is 9.71. The number of benzene rings is 1. The predicted molar refractivity (Wildman–Crippen MR) is 63.8 cm³/mol. The summed E-state index contributed by atoms with van der Waals surface area (Å²) in [5.74, 6) is -1.03. The zero-order chi connectivity index (χ0) is 13.6. The van der Waals surface area contributed by atoms with E-state index in [0.29, 0.717) is 11.1 Å². The number of ether oxygens (including phenoxy) is 1. The molecule has 0 heterocycles. The summed E-state index contributed by atoms with van der Waals surface area (Å²) >= 11 is 0. The molecule has 7 heteroatoms. The number of hydrogen-bond acceptors (Lipinski definition) is 5. The number of nitrogens with one attached hydrogen (secondary N) is 1. The molecule has 96 valence electrons. The average molecular weight is 268 g/mol. The molecule has 0 saturated heterocycles. The van der Waals surface area contributed by atoms with Crippen LogP contribution in [0.15, 0.2) is 24.3 Å². The van der Waals surface area contributed by atoms with E-state index in [0.717, 1.165) is 0 Å². The predicted octanol–water partition coefficient (Wildman–Crippen LogP) is 0.151. The molecule has 0 aliphatic rings. The summed E-state index contributed by atoms with van der Waals surface area (Å²) in [6.45, 7) is -0.423. The monoisotopic (exact) mass is 268 g/mol. The fraction of sp³-hybridized carbons (Fsp3) is 0.273. The summed E-state index contributed by atoms with van der Waals surface area (Å²) in [6.07, 6.45) is 0. The van der Waals surface area contributed by atoms with Gasteiger partial charge in [-0.25, -0.2) is 13.1 Å². The molecule has 0 saturated carbocycles. The molecule has 0 fully saturated rings. The number of esters is 1. The van der Waals surface area contributed by atoms with E-state index in [1.807, 2.05) is 6.07 Å². The van der Waals surface area contributed by atoms with Crippen molar-refractivity contribution in [1.82, 2.24) is 4.72 Å². The van der Waals surface area contributed by atoms with Gasteiger partial charge < -0.3 is 4.74 Å². The molecule has 0 amide bonds. The molecule has 1 rings (SSSR count). The van der Waals surface area contributed by atoms with Gasteiger partial charge in [0.1, 0.15) is 6.54 Å². The molecule has 1 N–H and O–H groups in total. The molecule has 1 aromatic carbocycles. The lowest BCUT2D eigenvalue weighted by Crippen LogP contribution is -2.31. The van der Waals surface area contributed by atoms with Gasteiger partial charge in [-0.05, 0) is 11.6 Å². The van der Waals surface area contributed by atoms with E-state index >= 15 is 0 Å². The van der Waals surface area contributed by atoms with Crippen molar-refractivity contribution in [2.75, 3.05) is 13.7 Å². The van der Waals surface area contributed by atoms with E-state index in [1.165, 1.54) is 13.2 Å². The van der Waals surface area contributed by atoms with Crippen LogP contribution in [-0.4, -0.2) is 28.0 Å². The van der Waals surface area contributed by atoms with Crippen LogP contribution in [0.1, 0.15) is 11.1 Å². The Morgan fingerprint density at radius 1 is 1.44 bits per heavy atom. The second-order valence-electron chi connectivity index (χ2n) is 3.43. The Kier molecular flexibility index (Phi) is 4.83. The van der Waals surface area contributed by atoms with Crippen molar-refractivity contribution in [2.45, 2.75) is 5.75 Å². The van der Waals surface area contributed by atoms with Gasteiger partial charge in [-0.3, -0.25) is 4.79 Å². The molecule has 18 heavy (non-hydrogen) atoms. The van der Waals surface area contributed by atoms with Crippen LogP contribution in [0.2, 0.25) is 0 Å². The Hall–Kier alpha value is -1.91. The van der Waals surface area contributed by atoms with Crippen molar-refractivity contribution in [2.24, 2.45) is 0 Å². The maximum atomic E-state index is 11.7. The highest BCUT2D eigenvalue weighted by atomic mass is 32.2. The van der Waals surface area contributed by atoms with Crippen LogP contribution in [0.4, 0.5) is 0 Å². The number of carbonyl (C=O) groups excluding carboxylic acids is 1. The van der Waals surface area contributed by atoms with Gasteiger partial charge in [0.15, 0.2) is 0 Å².